The van der Waals surface area contributed by atoms with Gasteiger partial charge in [-0.05, 0) is 6.42 Å². The molecule has 0 aliphatic carbocycles. The Morgan fingerprint density at radius 2 is 1.33 bits per heavy atom. The van der Waals surface area contributed by atoms with Crippen LogP contribution >= 0.6 is 0 Å². The molecule has 0 rings (SSSR count). The average molecular weight is 260 g/mol. The first kappa shape index (κ1) is 15.6. The Morgan fingerprint density at radius 3 is 1.56 bits per heavy atom. The van der Waals surface area contributed by atoms with Gasteiger partial charge in [0.2, 0.25) is 0 Å². The van der Waals surface area contributed by atoms with Crippen LogP contribution in [0.2, 0.25) is 0 Å². The maximum absolute atomic E-state index is 10.9. The summed E-state index contributed by atoms with van der Waals surface area (Å²) in [5.74, 6) is -8.66. The largest absolute Gasteiger partial charge is 0.480 e. The van der Waals surface area contributed by atoms with E-state index in [0.29, 0.717) is 6.42 Å². The molecular formula is C10H12O8. The fourth-order valence-electron chi connectivity index (χ4n) is 1.31. The minimum atomic E-state index is -3.50. The summed E-state index contributed by atoms with van der Waals surface area (Å²) in [6.45, 7) is 1.64. The first-order valence-corrected chi connectivity index (χ1v) is 4.86. The van der Waals surface area contributed by atoms with Gasteiger partial charge >= 0.3 is 23.9 Å². The van der Waals surface area contributed by atoms with Gasteiger partial charge in [-0.15, -0.1) is 0 Å². The van der Waals surface area contributed by atoms with Gasteiger partial charge in [0.05, 0.1) is 5.57 Å². The fourth-order valence-corrected chi connectivity index (χ4v) is 1.31. The Morgan fingerprint density at radius 1 is 0.944 bits per heavy atom. The van der Waals surface area contributed by atoms with Crippen LogP contribution in [0.4, 0.5) is 0 Å². The van der Waals surface area contributed by atoms with Crippen LogP contribution in [0.25, 0.3) is 0 Å². The number of carboxylic acid groups (broad SMARTS) is 4. The molecule has 0 unspecified atom stereocenters. The summed E-state index contributed by atoms with van der Waals surface area (Å²) in [5.41, 5.74) is -4.68. The predicted octanol–water partition coefficient (Wildman–Crippen LogP) is 0.0377. The monoisotopic (exact) mass is 260 g/mol. The molecular weight excluding hydrogens is 248 g/mol. The number of rotatable bonds is 7. The number of hydrogen-bond acceptors (Lipinski definition) is 4. The molecule has 0 atom stereocenters. The number of hydrogen-bond donors (Lipinski definition) is 4. The minimum absolute atomic E-state index is 0.0528. The molecule has 0 bridgehead atoms. The molecule has 0 aromatic heterocycles. The third-order valence-corrected chi connectivity index (χ3v) is 2.23. The fraction of sp³-hybridized carbons (Fsp3) is 0.400. The van der Waals surface area contributed by atoms with Gasteiger partial charge in [-0.2, -0.15) is 0 Å². The van der Waals surface area contributed by atoms with Crippen molar-refractivity contribution in [3.8, 4) is 0 Å². The van der Waals surface area contributed by atoms with Crippen LogP contribution in [0.1, 0.15) is 19.8 Å². The van der Waals surface area contributed by atoms with E-state index in [0.717, 1.165) is 6.08 Å². The van der Waals surface area contributed by atoms with Crippen LogP contribution in [0.5, 0.6) is 0 Å². The van der Waals surface area contributed by atoms with Crippen LogP contribution in [0.15, 0.2) is 11.6 Å². The van der Waals surface area contributed by atoms with Crippen molar-refractivity contribution in [3.05, 3.63) is 11.6 Å². The van der Waals surface area contributed by atoms with Crippen molar-refractivity contribution in [1.82, 2.24) is 0 Å². The maximum atomic E-state index is 10.9. The quantitative estimate of drug-likeness (QED) is 0.370. The molecule has 0 aliphatic rings. The molecule has 18 heavy (non-hydrogen) atoms. The lowest BCUT2D eigenvalue weighted by atomic mass is 9.79. The van der Waals surface area contributed by atoms with Gasteiger partial charge in [0, 0.05) is 0 Å². The Kier molecular flexibility index (Phi) is 5.03. The number of carbonyl (C=O) groups is 4. The second kappa shape index (κ2) is 5.80. The Hall–Kier alpha value is -2.38. The SMILES string of the molecule is CCC/C=C(\C(=O)O)C(C(=O)O)(C(=O)O)C(=O)O. The number of carboxylic acids is 4. The van der Waals surface area contributed by atoms with Gasteiger partial charge in [0.25, 0.3) is 5.41 Å². The highest BCUT2D eigenvalue weighted by Crippen LogP contribution is 2.30. The third-order valence-electron chi connectivity index (χ3n) is 2.23. The van der Waals surface area contributed by atoms with Crippen LogP contribution in [0.3, 0.4) is 0 Å². The molecule has 8 heteroatoms. The highest BCUT2D eigenvalue weighted by Gasteiger charge is 2.60. The Labute approximate surface area is 101 Å². The molecule has 0 radical (unpaired) electrons. The number of allylic oxidation sites excluding steroid dienone is 1. The summed E-state index contributed by atoms with van der Waals surface area (Å²) < 4.78 is 0. The molecule has 0 aromatic rings. The first-order chi connectivity index (χ1) is 8.22. The van der Waals surface area contributed by atoms with E-state index in [-0.39, 0.29) is 6.42 Å². The van der Waals surface area contributed by atoms with Crippen LogP contribution < -0.4 is 0 Å². The highest BCUT2D eigenvalue weighted by atomic mass is 16.4. The van der Waals surface area contributed by atoms with Crippen molar-refractivity contribution in [2.45, 2.75) is 19.8 Å². The van der Waals surface area contributed by atoms with Gasteiger partial charge < -0.3 is 20.4 Å². The van der Waals surface area contributed by atoms with E-state index in [1.54, 1.807) is 6.92 Å². The van der Waals surface area contributed by atoms with Crippen LogP contribution in [-0.4, -0.2) is 44.3 Å². The first-order valence-electron chi connectivity index (χ1n) is 4.86. The lowest BCUT2D eigenvalue weighted by Gasteiger charge is -2.20. The topological polar surface area (TPSA) is 149 Å². The lowest BCUT2D eigenvalue weighted by molar-refractivity contribution is -0.174. The smallest absolute Gasteiger partial charge is 0.337 e. The van der Waals surface area contributed by atoms with Gasteiger partial charge in [-0.1, -0.05) is 19.4 Å². The molecule has 0 saturated heterocycles. The standard InChI is InChI=1S/C10H12O8/c1-2-3-4-5(6(11)12)10(7(13)14,8(15)16)9(17)18/h4H,2-3H2,1H3,(H,11,12)(H,13,14)(H,15,16)(H,17,18)/b5-4+. The summed E-state index contributed by atoms with van der Waals surface area (Å²) >= 11 is 0. The van der Waals surface area contributed by atoms with Gasteiger partial charge in [0.15, 0.2) is 0 Å². The second-order valence-corrected chi connectivity index (χ2v) is 3.38. The summed E-state index contributed by atoms with van der Waals surface area (Å²) in [7, 11) is 0. The van der Waals surface area contributed by atoms with E-state index < -0.39 is 34.9 Å². The van der Waals surface area contributed by atoms with E-state index in [4.69, 9.17) is 20.4 Å². The van der Waals surface area contributed by atoms with E-state index >= 15 is 0 Å². The zero-order chi connectivity index (χ0) is 14.5. The molecule has 0 heterocycles. The normalized spacial score (nSPS) is 11.9. The highest BCUT2D eigenvalue weighted by molar-refractivity contribution is 6.24. The minimum Gasteiger partial charge on any atom is -0.480 e. The molecule has 0 fully saturated rings. The van der Waals surface area contributed by atoms with Gasteiger partial charge in [-0.3, -0.25) is 0 Å². The maximum Gasteiger partial charge on any atom is 0.337 e. The molecule has 8 nitrogen and oxygen atoms in total. The Bertz CT molecular complexity index is 384. The molecule has 0 spiro atoms. The summed E-state index contributed by atoms with van der Waals surface area (Å²) in [5, 5.41) is 35.3. The van der Waals surface area contributed by atoms with E-state index in [1.807, 2.05) is 0 Å². The van der Waals surface area contributed by atoms with Crippen molar-refractivity contribution < 1.29 is 39.6 Å². The van der Waals surface area contributed by atoms with Crippen molar-refractivity contribution in [3.63, 3.8) is 0 Å². The molecule has 4 N–H and O–H groups in total. The lowest BCUT2D eigenvalue weighted by Crippen LogP contribution is -2.49. The zero-order valence-electron chi connectivity index (χ0n) is 9.41. The molecule has 100 valence electrons. The van der Waals surface area contributed by atoms with Crippen molar-refractivity contribution in [2.24, 2.45) is 5.41 Å². The molecule has 0 aromatic carbocycles. The summed E-state index contributed by atoms with van der Waals surface area (Å²) in [6.07, 6.45) is 1.27. The molecule has 0 amide bonds. The van der Waals surface area contributed by atoms with Crippen molar-refractivity contribution >= 4 is 23.9 Å². The third kappa shape index (κ3) is 2.47. The van der Waals surface area contributed by atoms with Crippen LogP contribution in [0, 0.1) is 5.41 Å². The van der Waals surface area contributed by atoms with E-state index in [9.17, 15) is 19.2 Å². The summed E-state index contributed by atoms with van der Waals surface area (Å²) in [4.78, 5) is 43.7. The average Bonchev–Trinajstić information content (AvgIpc) is 2.21. The van der Waals surface area contributed by atoms with Gasteiger partial charge in [-0.25, -0.2) is 19.2 Å². The van der Waals surface area contributed by atoms with E-state index in [2.05, 4.69) is 0 Å². The second-order valence-electron chi connectivity index (χ2n) is 3.38. The van der Waals surface area contributed by atoms with Crippen molar-refractivity contribution in [1.29, 1.82) is 0 Å². The van der Waals surface area contributed by atoms with E-state index in [1.165, 1.54) is 0 Å². The zero-order valence-corrected chi connectivity index (χ0v) is 9.41. The number of aliphatic carboxylic acids is 4. The summed E-state index contributed by atoms with van der Waals surface area (Å²) in [6, 6.07) is 0. The Balaban J connectivity index is 6.12. The predicted molar refractivity (Wildman–Crippen MR) is 56.0 cm³/mol. The van der Waals surface area contributed by atoms with Crippen LogP contribution in [-0.2, 0) is 19.2 Å². The molecule has 0 aliphatic heterocycles. The number of unbranched alkanes of at least 4 members (excludes halogenated alkanes) is 1. The van der Waals surface area contributed by atoms with Crippen molar-refractivity contribution in [2.75, 3.05) is 0 Å². The molecule has 0 saturated carbocycles. The van der Waals surface area contributed by atoms with Gasteiger partial charge in [0.1, 0.15) is 0 Å².